The lowest BCUT2D eigenvalue weighted by molar-refractivity contribution is 0.0533. The number of carbonyl (C=O) groups excluding carboxylic acids is 1. The maximum Gasteiger partial charge on any atom is 0.350 e. The molecule has 2 heterocycles. The molecule has 1 aromatic rings. The summed E-state index contributed by atoms with van der Waals surface area (Å²) in [5.41, 5.74) is 6.40. The van der Waals surface area contributed by atoms with Crippen LogP contribution in [0.5, 0.6) is 0 Å². The quantitative estimate of drug-likeness (QED) is 0.858. The summed E-state index contributed by atoms with van der Waals surface area (Å²) in [6, 6.07) is 1.87. The summed E-state index contributed by atoms with van der Waals surface area (Å²) in [6.45, 7) is 4.02. The minimum Gasteiger partial charge on any atom is -0.462 e. The smallest absolute Gasteiger partial charge is 0.350 e. The molecule has 0 aliphatic carbocycles. The predicted molar refractivity (Wildman–Crippen MR) is 76.9 cm³/mol. The van der Waals surface area contributed by atoms with E-state index < -0.39 is 0 Å². The molecule has 1 saturated heterocycles. The minimum atomic E-state index is -0.331. The van der Waals surface area contributed by atoms with Crippen molar-refractivity contribution in [2.75, 3.05) is 37.4 Å². The summed E-state index contributed by atoms with van der Waals surface area (Å²) in [4.78, 5) is 14.5. The third-order valence-corrected chi connectivity index (χ3v) is 4.49. The highest BCUT2D eigenvalue weighted by molar-refractivity contribution is 7.18. The molecule has 106 valence electrons. The molecule has 0 radical (unpaired) electrons. The summed E-state index contributed by atoms with van der Waals surface area (Å²) in [7, 11) is 1.75. The molecule has 0 aromatic carbocycles. The molecule has 0 atom stereocenters. The number of nitrogens with two attached hydrogens (primary N) is 1. The van der Waals surface area contributed by atoms with Gasteiger partial charge < -0.3 is 20.1 Å². The van der Waals surface area contributed by atoms with E-state index in [4.69, 9.17) is 15.2 Å². The fraction of sp³-hybridized carbons (Fsp3) is 0.615. The molecule has 1 aliphatic rings. The van der Waals surface area contributed by atoms with Gasteiger partial charge in [-0.1, -0.05) is 0 Å². The number of rotatable bonds is 4. The van der Waals surface area contributed by atoms with E-state index in [1.54, 1.807) is 14.0 Å². The van der Waals surface area contributed by atoms with Crippen LogP contribution in [0.3, 0.4) is 0 Å². The van der Waals surface area contributed by atoms with Gasteiger partial charge in [-0.05, 0) is 25.8 Å². The summed E-state index contributed by atoms with van der Waals surface area (Å²) in [5.74, 6) is -0.331. The van der Waals surface area contributed by atoms with E-state index in [0.717, 1.165) is 30.9 Å². The van der Waals surface area contributed by atoms with Gasteiger partial charge in [0.05, 0.1) is 23.4 Å². The predicted octanol–water partition coefficient (Wildman–Crippen LogP) is 2.12. The molecule has 1 fully saturated rings. The van der Waals surface area contributed by atoms with Crippen LogP contribution < -0.4 is 10.6 Å². The molecule has 1 aliphatic heterocycles. The van der Waals surface area contributed by atoms with E-state index in [9.17, 15) is 4.79 Å². The van der Waals surface area contributed by atoms with Gasteiger partial charge in [0.1, 0.15) is 4.88 Å². The molecule has 0 spiro atoms. The molecule has 0 amide bonds. The number of thiophene rings is 1. The van der Waals surface area contributed by atoms with Gasteiger partial charge in [0.15, 0.2) is 0 Å². The molecular formula is C13H20N2O3S. The Morgan fingerprint density at radius 3 is 2.79 bits per heavy atom. The van der Waals surface area contributed by atoms with Crippen LogP contribution in [-0.4, -0.2) is 38.9 Å². The van der Waals surface area contributed by atoms with Gasteiger partial charge in [-0.15, -0.1) is 11.3 Å². The standard InChI is InChI=1S/C13H20N2O3S/c1-3-18-13(16)12-10(14)8-11(19-12)15-6-4-9(17-2)5-7-15/h8-9H,3-7,14H2,1-2H3. The van der Waals surface area contributed by atoms with Crippen molar-refractivity contribution in [1.29, 1.82) is 0 Å². The van der Waals surface area contributed by atoms with Crippen molar-refractivity contribution in [2.45, 2.75) is 25.9 Å². The Hall–Kier alpha value is -1.27. The molecule has 0 unspecified atom stereocenters. The monoisotopic (exact) mass is 284 g/mol. The number of hydrogen-bond acceptors (Lipinski definition) is 6. The van der Waals surface area contributed by atoms with Gasteiger partial charge in [0, 0.05) is 20.2 Å². The number of nitrogens with zero attached hydrogens (tertiary/aromatic N) is 1. The van der Waals surface area contributed by atoms with Crippen LogP contribution in [0.15, 0.2) is 6.07 Å². The van der Waals surface area contributed by atoms with Crippen molar-refractivity contribution in [3.63, 3.8) is 0 Å². The Balaban J connectivity index is 2.06. The molecule has 2 N–H and O–H groups in total. The second-order valence-electron chi connectivity index (χ2n) is 4.51. The number of esters is 1. The number of hydrogen-bond donors (Lipinski definition) is 1. The van der Waals surface area contributed by atoms with Gasteiger partial charge in [-0.2, -0.15) is 0 Å². The average Bonchev–Trinajstić information content (AvgIpc) is 2.81. The third kappa shape index (κ3) is 3.19. The Kier molecular flexibility index (Phi) is 4.66. The number of piperidine rings is 1. The lowest BCUT2D eigenvalue weighted by Gasteiger charge is -2.31. The van der Waals surface area contributed by atoms with Crippen molar-refractivity contribution in [3.8, 4) is 0 Å². The van der Waals surface area contributed by atoms with E-state index >= 15 is 0 Å². The summed E-state index contributed by atoms with van der Waals surface area (Å²) < 4.78 is 10.3. The van der Waals surface area contributed by atoms with Crippen LogP contribution in [0.1, 0.15) is 29.4 Å². The molecule has 2 rings (SSSR count). The summed E-state index contributed by atoms with van der Waals surface area (Å²) in [6.07, 6.45) is 2.35. The van der Waals surface area contributed by atoms with Crippen LogP contribution in [0.25, 0.3) is 0 Å². The largest absolute Gasteiger partial charge is 0.462 e. The Bertz CT molecular complexity index is 439. The highest BCUT2D eigenvalue weighted by Gasteiger charge is 2.23. The SMILES string of the molecule is CCOC(=O)c1sc(N2CCC(OC)CC2)cc1N. The number of methoxy groups -OCH3 is 1. The van der Waals surface area contributed by atoms with Crippen LogP contribution >= 0.6 is 11.3 Å². The van der Waals surface area contributed by atoms with E-state index in [2.05, 4.69) is 4.90 Å². The fourth-order valence-corrected chi connectivity index (χ4v) is 3.24. The van der Waals surface area contributed by atoms with Crippen molar-refractivity contribution < 1.29 is 14.3 Å². The second-order valence-corrected chi connectivity index (χ2v) is 5.54. The lowest BCUT2D eigenvalue weighted by Crippen LogP contribution is -2.36. The second kappa shape index (κ2) is 6.25. The molecule has 5 nitrogen and oxygen atoms in total. The van der Waals surface area contributed by atoms with Crippen LogP contribution in [0.4, 0.5) is 10.7 Å². The maximum atomic E-state index is 11.7. The summed E-state index contributed by atoms with van der Waals surface area (Å²) >= 11 is 1.41. The number of anilines is 2. The molecule has 6 heteroatoms. The highest BCUT2D eigenvalue weighted by atomic mass is 32.1. The topological polar surface area (TPSA) is 64.8 Å². The van der Waals surface area contributed by atoms with Gasteiger partial charge in [0.25, 0.3) is 0 Å². The summed E-state index contributed by atoms with van der Waals surface area (Å²) in [5, 5.41) is 1.04. The van der Waals surface area contributed by atoms with Crippen LogP contribution in [-0.2, 0) is 9.47 Å². The van der Waals surface area contributed by atoms with E-state index in [-0.39, 0.29) is 5.97 Å². The van der Waals surface area contributed by atoms with Gasteiger partial charge in [-0.3, -0.25) is 0 Å². The van der Waals surface area contributed by atoms with Crippen LogP contribution in [0.2, 0.25) is 0 Å². The number of nitrogen functional groups attached to an aromatic ring is 1. The first-order valence-corrected chi connectivity index (χ1v) is 7.31. The van der Waals surface area contributed by atoms with E-state index in [1.165, 1.54) is 11.3 Å². The normalized spacial score (nSPS) is 16.6. The van der Waals surface area contributed by atoms with Crippen molar-refractivity contribution in [3.05, 3.63) is 10.9 Å². The molecule has 0 saturated carbocycles. The molecule has 0 bridgehead atoms. The Morgan fingerprint density at radius 2 is 2.21 bits per heavy atom. The van der Waals surface area contributed by atoms with Crippen molar-refractivity contribution in [1.82, 2.24) is 0 Å². The number of ether oxygens (including phenoxy) is 2. The highest BCUT2D eigenvalue weighted by Crippen LogP contribution is 2.34. The van der Waals surface area contributed by atoms with E-state index in [0.29, 0.717) is 23.3 Å². The van der Waals surface area contributed by atoms with Gasteiger partial charge >= 0.3 is 5.97 Å². The third-order valence-electron chi connectivity index (χ3n) is 3.30. The maximum absolute atomic E-state index is 11.7. The first kappa shape index (κ1) is 14.1. The fourth-order valence-electron chi connectivity index (χ4n) is 2.22. The van der Waals surface area contributed by atoms with Gasteiger partial charge in [0.2, 0.25) is 0 Å². The Morgan fingerprint density at radius 1 is 1.53 bits per heavy atom. The molecule has 19 heavy (non-hydrogen) atoms. The van der Waals surface area contributed by atoms with E-state index in [1.807, 2.05) is 6.07 Å². The zero-order valence-corrected chi connectivity index (χ0v) is 12.2. The van der Waals surface area contributed by atoms with Crippen molar-refractivity contribution in [2.24, 2.45) is 0 Å². The first-order valence-electron chi connectivity index (χ1n) is 6.49. The van der Waals surface area contributed by atoms with Gasteiger partial charge in [-0.25, -0.2) is 4.79 Å². The minimum absolute atomic E-state index is 0.331. The first-order chi connectivity index (χ1) is 9.15. The Labute approximate surface area is 117 Å². The lowest BCUT2D eigenvalue weighted by atomic mass is 10.1. The zero-order valence-electron chi connectivity index (χ0n) is 11.3. The van der Waals surface area contributed by atoms with Crippen molar-refractivity contribution >= 4 is 28.0 Å². The molecule has 1 aromatic heterocycles. The average molecular weight is 284 g/mol. The molecular weight excluding hydrogens is 264 g/mol. The number of carbonyl (C=O) groups is 1. The van der Waals surface area contributed by atoms with Crippen LogP contribution in [0, 0.1) is 0 Å². The zero-order chi connectivity index (χ0) is 13.8.